The van der Waals surface area contributed by atoms with Crippen LogP contribution in [0, 0.1) is 22.7 Å². The van der Waals surface area contributed by atoms with Crippen molar-refractivity contribution in [3.05, 3.63) is 81.9 Å². The normalized spacial score (nSPS) is 17.1. The van der Waals surface area contributed by atoms with Crippen LogP contribution in [0.4, 0.5) is 0 Å². The zero-order valence-corrected chi connectivity index (χ0v) is 20.0. The number of sulfonamides is 1. The molecule has 1 heterocycles. The van der Waals surface area contributed by atoms with Crippen LogP contribution >= 0.6 is 0 Å². The third-order valence-electron chi connectivity index (χ3n) is 5.44. The Bertz CT molecular complexity index is 1210. The fourth-order valence-electron chi connectivity index (χ4n) is 3.61. The van der Waals surface area contributed by atoms with Crippen LogP contribution in [0.5, 0.6) is 0 Å². The highest BCUT2D eigenvalue weighted by Crippen LogP contribution is 2.25. The largest absolute Gasteiger partial charge is 0.309 e. The lowest BCUT2D eigenvalue weighted by Crippen LogP contribution is -2.42. The molecule has 0 spiro atoms. The van der Waals surface area contributed by atoms with E-state index in [2.05, 4.69) is 12.1 Å². The molecule has 0 amide bonds. The second kappa shape index (κ2) is 11.0. The lowest BCUT2D eigenvalue weighted by Gasteiger charge is -2.29. The van der Waals surface area contributed by atoms with E-state index < -0.39 is 10.0 Å². The first-order valence-electron chi connectivity index (χ1n) is 10.8. The fraction of sp³-hybridized carbons (Fsp3) is 0.269. The Morgan fingerprint density at radius 2 is 1.32 bits per heavy atom. The van der Waals surface area contributed by atoms with Gasteiger partial charge in [-0.05, 0) is 74.6 Å². The Labute approximate surface area is 200 Å². The summed E-state index contributed by atoms with van der Waals surface area (Å²) in [7, 11) is 0.196. The Morgan fingerprint density at radius 1 is 0.882 bits per heavy atom. The van der Waals surface area contributed by atoms with Crippen molar-refractivity contribution in [3.8, 4) is 12.1 Å². The monoisotopic (exact) mass is 474 g/mol. The molecule has 174 valence electrons. The topological polar surface area (TPSA) is 105 Å². The van der Waals surface area contributed by atoms with E-state index in [1.165, 1.54) is 4.31 Å². The second-order valence-corrected chi connectivity index (χ2v) is 10.5. The van der Waals surface area contributed by atoms with Gasteiger partial charge in [0.1, 0.15) is 0 Å². The third-order valence-corrected chi connectivity index (χ3v) is 7.29. The molecule has 0 atom stereocenters. The number of Topliss-reactive ketones (excluding diaryl/α,β-unsaturated/α-hetero) is 1. The van der Waals surface area contributed by atoms with Crippen LogP contribution in [0.3, 0.4) is 0 Å². The molecule has 0 unspecified atom stereocenters. The summed E-state index contributed by atoms with van der Waals surface area (Å²) in [6, 6.07) is 17.7. The summed E-state index contributed by atoms with van der Waals surface area (Å²) in [5.74, 6) is -0.221. The van der Waals surface area contributed by atoms with Gasteiger partial charge in [0.05, 0.1) is 29.0 Å². The second-order valence-electron chi connectivity index (χ2n) is 8.38. The van der Waals surface area contributed by atoms with E-state index in [0.29, 0.717) is 46.4 Å². The number of hydrogen-bond acceptors (Lipinski definition) is 6. The van der Waals surface area contributed by atoms with Crippen molar-refractivity contribution in [3.63, 3.8) is 0 Å². The highest BCUT2D eigenvalue weighted by molar-refractivity contribution is 7.89. The average Bonchev–Trinajstić information content (AvgIpc) is 2.82. The van der Waals surface area contributed by atoms with E-state index >= 15 is 0 Å². The number of carbonyl (C=O) groups is 1. The summed E-state index contributed by atoms with van der Waals surface area (Å²) in [6.45, 7) is 0.634. The number of nitriles is 2. The van der Waals surface area contributed by atoms with E-state index in [9.17, 15) is 13.2 Å². The molecule has 2 aromatic carbocycles. The number of hydrogen-bond donors (Lipinski definition) is 0. The molecule has 34 heavy (non-hydrogen) atoms. The van der Waals surface area contributed by atoms with Crippen LogP contribution in [-0.2, 0) is 14.8 Å². The van der Waals surface area contributed by atoms with Crippen LogP contribution < -0.4 is 0 Å². The predicted octanol–water partition coefficient (Wildman–Crippen LogP) is 3.06. The van der Waals surface area contributed by atoms with Crippen molar-refractivity contribution in [1.29, 1.82) is 10.5 Å². The number of carbonyl (C=O) groups excluding carboxylic acids is 1. The average molecular weight is 475 g/mol. The molecule has 7 nitrogen and oxygen atoms in total. The molecule has 2 aromatic rings. The Balaban J connectivity index is 1.96. The lowest BCUT2D eigenvalue weighted by atomic mass is 9.95. The van der Waals surface area contributed by atoms with Crippen LogP contribution in [0.2, 0.25) is 0 Å². The number of benzene rings is 2. The van der Waals surface area contributed by atoms with Gasteiger partial charge in [-0.1, -0.05) is 24.3 Å². The van der Waals surface area contributed by atoms with Crippen molar-refractivity contribution in [2.45, 2.75) is 6.42 Å². The lowest BCUT2D eigenvalue weighted by molar-refractivity contribution is -0.113. The van der Waals surface area contributed by atoms with Gasteiger partial charge in [0.25, 0.3) is 0 Å². The van der Waals surface area contributed by atoms with Gasteiger partial charge in [0.15, 0.2) is 5.78 Å². The zero-order valence-electron chi connectivity index (χ0n) is 19.2. The van der Waals surface area contributed by atoms with E-state index in [1.54, 1.807) is 60.7 Å². The summed E-state index contributed by atoms with van der Waals surface area (Å²) in [5.41, 5.74) is 3.17. The minimum Gasteiger partial charge on any atom is -0.309 e. The molecule has 0 aliphatic carbocycles. The standard InChI is InChI=1S/C26H26N4O3S/c1-29(2)12-3-13-34(32,33)30-18-24(14-20-4-8-22(16-27)9-5-20)26(31)25(19-30)15-21-6-10-23(17-28)11-7-21/h4-11,14-15H,3,12-13,18-19H2,1-2H3/b24-14-,25-15-. The Hall–Kier alpha value is -3.56. The number of rotatable bonds is 7. The molecule has 8 heteroatoms. The number of nitrogens with zero attached hydrogens (tertiary/aromatic N) is 4. The molecule has 0 radical (unpaired) electrons. The molecule has 1 fully saturated rings. The third kappa shape index (κ3) is 6.49. The van der Waals surface area contributed by atoms with Crippen molar-refractivity contribution < 1.29 is 13.2 Å². The van der Waals surface area contributed by atoms with Gasteiger partial charge < -0.3 is 4.90 Å². The SMILES string of the molecule is CN(C)CCCS(=O)(=O)N1C/C(=C/c2ccc(C#N)cc2)C(=O)/C(=C\c2ccc(C#N)cc2)C1. The summed E-state index contributed by atoms with van der Waals surface area (Å²) in [5, 5.41) is 18.0. The molecule has 3 rings (SSSR count). The summed E-state index contributed by atoms with van der Waals surface area (Å²) in [6.07, 6.45) is 3.85. The van der Waals surface area contributed by atoms with Crippen LogP contribution in [0.15, 0.2) is 59.7 Å². The van der Waals surface area contributed by atoms with Crippen molar-refractivity contribution in [2.24, 2.45) is 0 Å². The van der Waals surface area contributed by atoms with Gasteiger partial charge in [0.2, 0.25) is 10.0 Å². The maximum atomic E-state index is 13.3. The molecule has 0 saturated carbocycles. The summed E-state index contributed by atoms with van der Waals surface area (Å²) >= 11 is 0. The molecule has 1 aliphatic rings. The van der Waals surface area contributed by atoms with Gasteiger partial charge in [0, 0.05) is 24.2 Å². The van der Waals surface area contributed by atoms with Gasteiger partial charge in [-0.3, -0.25) is 4.79 Å². The summed E-state index contributed by atoms with van der Waals surface area (Å²) < 4.78 is 27.6. The maximum absolute atomic E-state index is 13.3. The Kier molecular flexibility index (Phi) is 8.14. The highest BCUT2D eigenvalue weighted by Gasteiger charge is 2.33. The van der Waals surface area contributed by atoms with Crippen molar-refractivity contribution in [1.82, 2.24) is 9.21 Å². The fourth-order valence-corrected chi connectivity index (χ4v) is 5.03. The first-order chi connectivity index (χ1) is 16.2. The number of ketones is 1. The first-order valence-corrected chi connectivity index (χ1v) is 12.4. The van der Waals surface area contributed by atoms with E-state index in [-0.39, 0.29) is 24.6 Å². The molecule has 0 aromatic heterocycles. The van der Waals surface area contributed by atoms with E-state index in [0.717, 1.165) is 0 Å². The smallest absolute Gasteiger partial charge is 0.214 e. The molecular formula is C26H26N4O3S. The van der Waals surface area contributed by atoms with Gasteiger partial charge in [-0.15, -0.1) is 0 Å². The van der Waals surface area contributed by atoms with Gasteiger partial charge >= 0.3 is 0 Å². The molecule has 1 aliphatic heterocycles. The zero-order chi connectivity index (χ0) is 24.7. The quantitative estimate of drug-likeness (QED) is 0.571. The summed E-state index contributed by atoms with van der Waals surface area (Å²) in [4.78, 5) is 15.2. The minimum absolute atomic E-state index is 0.00611. The van der Waals surface area contributed by atoms with Crippen molar-refractivity contribution >= 4 is 28.0 Å². The molecular weight excluding hydrogens is 448 g/mol. The van der Waals surface area contributed by atoms with Crippen LogP contribution in [0.1, 0.15) is 28.7 Å². The Morgan fingerprint density at radius 3 is 1.71 bits per heavy atom. The highest BCUT2D eigenvalue weighted by atomic mass is 32.2. The van der Waals surface area contributed by atoms with Crippen LogP contribution in [-0.4, -0.2) is 62.9 Å². The van der Waals surface area contributed by atoms with Gasteiger partial charge in [-0.2, -0.15) is 14.8 Å². The number of piperidine rings is 1. The van der Waals surface area contributed by atoms with Crippen LogP contribution in [0.25, 0.3) is 12.2 Å². The predicted molar refractivity (Wildman–Crippen MR) is 132 cm³/mol. The van der Waals surface area contributed by atoms with E-state index in [1.807, 2.05) is 19.0 Å². The molecule has 0 N–H and O–H groups in total. The first kappa shape index (κ1) is 25.1. The van der Waals surface area contributed by atoms with E-state index in [4.69, 9.17) is 10.5 Å². The molecule has 0 bridgehead atoms. The van der Waals surface area contributed by atoms with Crippen molar-refractivity contribution in [2.75, 3.05) is 39.5 Å². The molecule has 1 saturated heterocycles. The minimum atomic E-state index is -3.59. The maximum Gasteiger partial charge on any atom is 0.214 e. The van der Waals surface area contributed by atoms with Gasteiger partial charge in [-0.25, -0.2) is 8.42 Å².